The van der Waals surface area contributed by atoms with Crippen molar-refractivity contribution in [3.05, 3.63) is 29.3 Å². The highest BCUT2D eigenvalue weighted by atomic mass is 16.4. The van der Waals surface area contributed by atoms with E-state index in [-0.39, 0.29) is 5.91 Å². The van der Waals surface area contributed by atoms with Gasteiger partial charge in [-0.15, -0.1) is 0 Å². The first-order chi connectivity index (χ1) is 10.9. The molecule has 1 fully saturated rings. The number of carboxylic acids is 1. The topological polar surface area (TPSA) is 86.7 Å². The minimum absolute atomic E-state index is 0.0817. The third kappa shape index (κ3) is 2.58. The number of rotatable bonds is 3. The second-order valence-electron chi connectivity index (χ2n) is 6.44. The van der Waals surface area contributed by atoms with Gasteiger partial charge in [0.15, 0.2) is 0 Å². The van der Waals surface area contributed by atoms with Crippen LogP contribution >= 0.6 is 0 Å². The minimum Gasteiger partial charge on any atom is -0.480 e. The van der Waals surface area contributed by atoms with Crippen LogP contribution in [0.2, 0.25) is 0 Å². The Morgan fingerprint density at radius 3 is 2.57 bits per heavy atom. The summed E-state index contributed by atoms with van der Waals surface area (Å²) in [7, 11) is 1.72. The molecule has 0 unspecified atom stereocenters. The second kappa shape index (κ2) is 5.68. The molecule has 0 aromatic heterocycles. The Morgan fingerprint density at radius 1 is 1.22 bits per heavy atom. The molecule has 0 bridgehead atoms. The Hall–Kier alpha value is -2.37. The van der Waals surface area contributed by atoms with Gasteiger partial charge in [0.2, 0.25) is 5.91 Å². The van der Waals surface area contributed by atoms with Crippen LogP contribution in [0.1, 0.15) is 48.0 Å². The first kappa shape index (κ1) is 15.5. The first-order valence-electron chi connectivity index (χ1n) is 7.87. The Balaban J connectivity index is 1.83. The predicted molar refractivity (Wildman–Crippen MR) is 84.0 cm³/mol. The molecule has 1 aliphatic heterocycles. The molecule has 6 nitrogen and oxygen atoms in total. The minimum atomic E-state index is -1.35. The number of carbonyl (C=O) groups is 3. The number of aliphatic carboxylic acids is 1. The Kier molecular flexibility index (Phi) is 3.83. The molecule has 23 heavy (non-hydrogen) atoms. The average molecular weight is 316 g/mol. The summed E-state index contributed by atoms with van der Waals surface area (Å²) in [5, 5.41) is 12.3. The van der Waals surface area contributed by atoms with E-state index < -0.39 is 17.3 Å². The molecule has 1 heterocycles. The van der Waals surface area contributed by atoms with Gasteiger partial charge in [-0.25, -0.2) is 0 Å². The van der Waals surface area contributed by atoms with Gasteiger partial charge < -0.3 is 15.3 Å². The number of anilines is 1. The molecule has 0 spiro atoms. The van der Waals surface area contributed by atoms with Gasteiger partial charge >= 0.3 is 5.97 Å². The van der Waals surface area contributed by atoms with E-state index in [1.54, 1.807) is 30.1 Å². The molecule has 2 N–H and O–H groups in total. The molecular weight excluding hydrogens is 296 g/mol. The van der Waals surface area contributed by atoms with Crippen molar-refractivity contribution in [2.45, 2.75) is 38.6 Å². The van der Waals surface area contributed by atoms with E-state index in [2.05, 4.69) is 5.32 Å². The smallest absolute Gasteiger partial charge is 0.319 e. The van der Waals surface area contributed by atoms with Gasteiger partial charge in [-0.1, -0.05) is 25.3 Å². The lowest BCUT2D eigenvalue weighted by Gasteiger charge is -2.31. The SMILES string of the molecule is CN1Cc2ccc(NC(=O)C3(C(=O)O)CCCCC3)cc2C1=O. The van der Waals surface area contributed by atoms with E-state index in [1.165, 1.54) is 0 Å². The highest BCUT2D eigenvalue weighted by Crippen LogP contribution is 2.38. The van der Waals surface area contributed by atoms with Crippen LogP contribution in [0.15, 0.2) is 18.2 Å². The van der Waals surface area contributed by atoms with Gasteiger partial charge in [-0.05, 0) is 30.5 Å². The van der Waals surface area contributed by atoms with Crippen molar-refractivity contribution in [2.24, 2.45) is 5.41 Å². The molecule has 3 rings (SSSR count). The number of fused-ring (bicyclic) bond motifs is 1. The van der Waals surface area contributed by atoms with Gasteiger partial charge in [-0.2, -0.15) is 0 Å². The van der Waals surface area contributed by atoms with Gasteiger partial charge in [-0.3, -0.25) is 14.4 Å². The van der Waals surface area contributed by atoms with Crippen LogP contribution in [-0.4, -0.2) is 34.8 Å². The maximum absolute atomic E-state index is 12.6. The van der Waals surface area contributed by atoms with Gasteiger partial charge in [0.1, 0.15) is 5.41 Å². The lowest BCUT2D eigenvalue weighted by Crippen LogP contribution is -2.44. The van der Waals surface area contributed by atoms with Gasteiger partial charge in [0.05, 0.1) is 0 Å². The maximum atomic E-state index is 12.6. The van der Waals surface area contributed by atoms with Crippen LogP contribution in [0.5, 0.6) is 0 Å². The zero-order valence-electron chi connectivity index (χ0n) is 13.1. The molecule has 2 aliphatic rings. The fourth-order valence-corrected chi connectivity index (χ4v) is 3.47. The number of nitrogens with one attached hydrogen (secondary N) is 1. The van der Waals surface area contributed by atoms with Crippen LogP contribution in [0.4, 0.5) is 5.69 Å². The first-order valence-corrected chi connectivity index (χ1v) is 7.87. The molecule has 122 valence electrons. The second-order valence-corrected chi connectivity index (χ2v) is 6.44. The van der Waals surface area contributed by atoms with Crippen LogP contribution in [-0.2, 0) is 16.1 Å². The third-order valence-electron chi connectivity index (χ3n) is 4.90. The van der Waals surface area contributed by atoms with Crippen molar-refractivity contribution in [3.8, 4) is 0 Å². The summed E-state index contributed by atoms with van der Waals surface area (Å²) in [5.74, 6) is -1.63. The normalized spacial score (nSPS) is 19.3. The molecule has 0 atom stereocenters. The average Bonchev–Trinajstić information content (AvgIpc) is 2.82. The monoisotopic (exact) mass is 316 g/mol. The molecule has 6 heteroatoms. The van der Waals surface area contributed by atoms with Crippen molar-refractivity contribution >= 4 is 23.5 Å². The van der Waals surface area contributed by atoms with Gasteiger partial charge in [0.25, 0.3) is 5.91 Å². The molecular formula is C17H20N2O4. The molecule has 2 amide bonds. The third-order valence-corrected chi connectivity index (χ3v) is 4.90. The Labute approximate surface area is 134 Å². The van der Waals surface area contributed by atoms with E-state index in [0.29, 0.717) is 30.6 Å². The fourth-order valence-electron chi connectivity index (χ4n) is 3.47. The molecule has 1 saturated carbocycles. The van der Waals surface area contributed by atoms with Crippen molar-refractivity contribution in [1.82, 2.24) is 4.90 Å². The van der Waals surface area contributed by atoms with Crippen LogP contribution < -0.4 is 5.32 Å². The zero-order chi connectivity index (χ0) is 16.6. The number of benzene rings is 1. The summed E-state index contributed by atoms with van der Waals surface area (Å²) in [4.78, 5) is 37.9. The van der Waals surface area contributed by atoms with E-state index in [1.807, 2.05) is 0 Å². The molecule has 1 aliphatic carbocycles. The lowest BCUT2D eigenvalue weighted by molar-refractivity contribution is -0.156. The van der Waals surface area contributed by atoms with E-state index in [4.69, 9.17) is 0 Å². The van der Waals surface area contributed by atoms with Crippen molar-refractivity contribution in [1.29, 1.82) is 0 Å². The Bertz CT molecular complexity index is 677. The lowest BCUT2D eigenvalue weighted by atomic mass is 9.73. The van der Waals surface area contributed by atoms with Crippen molar-refractivity contribution in [3.63, 3.8) is 0 Å². The predicted octanol–water partition coefficient (Wildman–Crippen LogP) is 2.25. The maximum Gasteiger partial charge on any atom is 0.319 e. The van der Waals surface area contributed by atoms with Gasteiger partial charge in [0, 0.05) is 24.8 Å². The van der Waals surface area contributed by atoms with Crippen LogP contribution in [0.25, 0.3) is 0 Å². The standard InChI is InChI=1S/C17H20N2O4/c1-19-10-11-5-6-12(9-13(11)14(19)20)18-15(21)17(16(22)23)7-3-2-4-8-17/h5-6,9H,2-4,7-8,10H2,1H3,(H,18,21)(H,22,23). The number of amides is 2. The van der Waals surface area contributed by atoms with Crippen molar-refractivity contribution in [2.75, 3.05) is 12.4 Å². The van der Waals surface area contributed by atoms with E-state index >= 15 is 0 Å². The summed E-state index contributed by atoms with van der Waals surface area (Å²) in [5.41, 5.74) is 0.612. The molecule has 1 aromatic rings. The largest absolute Gasteiger partial charge is 0.480 e. The van der Waals surface area contributed by atoms with Crippen molar-refractivity contribution < 1.29 is 19.5 Å². The fraction of sp³-hybridized carbons (Fsp3) is 0.471. The Morgan fingerprint density at radius 2 is 1.91 bits per heavy atom. The number of hydrogen-bond donors (Lipinski definition) is 2. The molecule has 1 aromatic carbocycles. The number of carboxylic acid groups (broad SMARTS) is 1. The summed E-state index contributed by atoms with van der Waals surface area (Å²) in [6.45, 7) is 0.557. The number of carbonyl (C=O) groups excluding carboxylic acids is 2. The van der Waals surface area contributed by atoms with E-state index in [9.17, 15) is 19.5 Å². The highest BCUT2D eigenvalue weighted by Gasteiger charge is 2.46. The summed E-state index contributed by atoms with van der Waals surface area (Å²) in [6, 6.07) is 5.17. The summed E-state index contributed by atoms with van der Waals surface area (Å²) in [6.07, 6.45) is 3.17. The number of hydrogen-bond acceptors (Lipinski definition) is 3. The van der Waals surface area contributed by atoms with E-state index in [0.717, 1.165) is 24.8 Å². The molecule has 0 radical (unpaired) electrons. The summed E-state index contributed by atoms with van der Waals surface area (Å²) < 4.78 is 0. The highest BCUT2D eigenvalue weighted by molar-refractivity contribution is 6.09. The molecule has 0 saturated heterocycles. The number of nitrogens with zero attached hydrogens (tertiary/aromatic N) is 1. The quantitative estimate of drug-likeness (QED) is 0.837. The van der Waals surface area contributed by atoms with Crippen LogP contribution in [0, 0.1) is 5.41 Å². The zero-order valence-corrected chi connectivity index (χ0v) is 13.1. The summed E-state index contributed by atoms with van der Waals surface area (Å²) >= 11 is 0. The van der Waals surface area contributed by atoms with Crippen LogP contribution in [0.3, 0.4) is 0 Å².